The fourth-order valence-corrected chi connectivity index (χ4v) is 2.10. The van der Waals surface area contributed by atoms with E-state index in [0.717, 1.165) is 19.2 Å². The molecule has 1 saturated carbocycles. The second-order valence-electron chi connectivity index (χ2n) is 5.60. The zero-order chi connectivity index (χ0) is 11.1. The third-order valence-electron chi connectivity index (χ3n) is 2.93. The molecule has 0 aliphatic heterocycles. The number of rotatable bonds is 4. The lowest BCUT2D eigenvalue weighted by Crippen LogP contribution is -2.33. The molecule has 2 heteroatoms. The summed E-state index contributed by atoms with van der Waals surface area (Å²) in [6.45, 7) is 8.16. The van der Waals surface area contributed by atoms with Crippen molar-refractivity contribution in [1.29, 1.82) is 0 Å². The van der Waals surface area contributed by atoms with Gasteiger partial charge in [0.2, 0.25) is 0 Å². The number of hydrogen-bond donors (Lipinski definition) is 1. The second kappa shape index (κ2) is 6.49. The maximum absolute atomic E-state index is 5.69. The lowest BCUT2D eigenvalue weighted by Gasteiger charge is -2.21. The largest absolute Gasteiger partial charge is 0.375 e. The Bertz CT molecular complexity index is 154. The topological polar surface area (TPSA) is 21.3 Å². The number of hydrogen-bond acceptors (Lipinski definition) is 2. The first kappa shape index (κ1) is 13.0. The highest BCUT2D eigenvalue weighted by molar-refractivity contribution is 4.70. The molecule has 1 rings (SSSR count). The van der Waals surface area contributed by atoms with E-state index in [9.17, 15) is 0 Å². The molecule has 0 radical (unpaired) electrons. The first-order valence-electron chi connectivity index (χ1n) is 6.45. The van der Waals surface area contributed by atoms with E-state index < -0.39 is 0 Å². The molecule has 1 N–H and O–H groups in total. The monoisotopic (exact) mass is 213 g/mol. The maximum atomic E-state index is 5.69. The minimum absolute atomic E-state index is 0.00509. The van der Waals surface area contributed by atoms with E-state index in [1.165, 1.54) is 38.5 Å². The number of ether oxygens (including phenoxy) is 1. The quantitative estimate of drug-likeness (QED) is 0.572. The lowest BCUT2D eigenvalue weighted by molar-refractivity contribution is -0.00175. The molecule has 0 aromatic carbocycles. The number of nitrogens with one attached hydrogen (secondary N) is 1. The molecule has 0 aromatic rings. The van der Waals surface area contributed by atoms with Gasteiger partial charge in [0.1, 0.15) is 0 Å². The van der Waals surface area contributed by atoms with E-state index in [2.05, 4.69) is 26.1 Å². The minimum Gasteiger partial charge on any atom is -0.375 e. The molecule has 90 valence electrons. The summed E-state index contributed by atoms with van der Waals surface area (Å²) in [6, 6.07) is 0.746. The molecule has 0 amide bonds. The van der Waals surface area contributed by atoms with Crippen molar-refractivity contribution >= 4 is 0 Å². The average Bonchev–Trinajstić information content (AvgIpc) is 2.39. The van der Waals surface area contributed by atoms with Gasteiger partial charge in [0, 0.05) is 12.6 Å². The van der Waals surface area contributed by atoms with Gasteiger partial charge in [0.25, 0.3) is 0 Å². The Labute approximate surface area is 94.8 Å². The van der Waals surface area contributed by atoms with Crippen molar-refractivity contribution < 1.29 is 4.74 Å². The molecule has 0 aromatic heterocycles. The smallest absolute Gasteiger partial charge is 0.0599 e. The Hall–Kier alpha value is -0.0800. The fraction of sp³-hybridized carbons (Fsp3) is 1.00. The SMILES string of the molecule is CC(C)(C)OCCNC1CCCCCC1. The molecular formula is C13H27NO. The van der Waals surface area contributed by atoms with E-state index in [4.69, 9.17) is 4.74 Å². The van der Waals surface area contributed by atoms with Crippen LogP contribution in [0.2, 0.25) is 0 Å². The Morgan fingerprint density at radius 3 is 2.20 bits per heavy atom. The predicted molar refractivity (Wildman–Crippen MR) is 65.2 cm³/mol. The lowest BCUT2D eigenvalue weighted by atomic mass is 10.1. The minimum atomic E-state index is 0.00509. The van der Waals surface area contributed by atoms with Gasteiger partial charge in [-0.2, -0.15) is 0 Å². The summed E-state index contributed by atoms with van der Waals surface area (Å²) in [7, 11) is 0. The van der Waals surface area contributed by atoms with E-state index >= 15 is 0 Å². The Balaban J connectivity index is 2.03. The van der Waals surface area contributed by atoms with Crippen LogP contribution in [-0.2, 0) is 4.74 Å². The van der Waals surface area contributed by atoms with Crippen LogP contribution in [0.5, 0.6) is 0 Å². The molecule has 0 atom stereocenters. The second-order valence-corrected chi connectivity index (χ2v) is 5.60. The first-order chi connectivity index (χ1) is 7.08. The predicted octanol–water partition coefficient (Wildman–Crippen LogP) is 3.11. The van der Waals surface area contributed by atoms with Crippen LogP contribution in [0.3, 0.4) is 0 Å². The normalized spacial score (nSPS) is 20.2. The highest BCUT2D eigenvalue weighted by Gasteiger charge is 2.12. The molecular weight excluding hydrogens is 186 g/mol. The van der Waals surface area contributed by atoms with Crippen molar-refractivity contribution in [3.8, 4) is 0 Å². The van der Waals surface area contributed by atoms with Gasteiger partial charge >= 0.3 is 0 Å². The van der Waals surface area contributed by atoms with Crippen molar-refractivity contribution in [1.82, 2.24) is 5.32 Å². The molecule has 0 bridgehead atoms. The Kier molecular flexibility index (Phi) is 5.62. The van der Waals surface area contributed by atoms with Crippen LogP contribution in [0.4, 0.5) is 0 Å². The maximum Gasteiger partial charge on any atom is 0.0599 e. The highest BCUT2D eigenvalue weighted by atomic mass is 16.5. The van der Waals surface area contributed by atoms with Gasteiger partial charge in [-0.15, -0.1) is 0 Å². The van der Waals surface area contributed by atoms with E-state index in [1.807, 2.05) is 0 Å². The van der Waals surface area contributed by atoms with Crippen molar-refractivity contribution in [2.24, 2.45) is 0 Å². The summed E-state index contributed by atoms with van der Waals surface area (Å²) in [5, 5.41) is 3.61. The van der Waals surface area contributed by atoms with Crippen molar-refractivity contribution in [2.45, 2.75) is 70.9 Å². The van der Waals surface area contributed by atoms with Crippen LogP contribution < -0.4 is 5.32 Å². The van der Waals surface area contributed by atoms with Crippen LogP contribution in [-0.4, -0.2) is 24.8 Å². The standard InChI is InChI=1S/C13H27NO/c1-13(2,3)15-11-10-14-12-8-6-4-5-7-9-12/h12,14H,4-11H2,1-3H3. The van der Waals surface area contributed by atoms with Crippen molar-refractivity contribution in [2.75, 3.05) is 13.2 Å². The summed E-state index contributed by atoms with van der Waals surface area (Å²) in [4.78, 5) is 0. The molecule has 0 unspecified atom stereocenters. The van der Waals surface area contributed by atoms with Gasteiger partial charge in [-0.1, -0.05) is 25.7 Å². The first-order valence-corrected chi connectivity index (χ1v) is 6.45. The summed E-state index contributed by atoms with van der Waals surface area (Å²) in [5.41, 5.74) is 0.00509. The van der Waals surface area contributed by atoms with Crippen molar-refractivity contribution in [3.63, 3.8) is 0 Å². The van der Waals surface area contributed by atoms with Crippen LogP contribution in [0, 0.1) is 0 Å². The van der Waals surface area contributed by atoms with Gasteiger partial charge in [-0.3, -0.25) is 0 Å². The highest BCUT2D eigenvalue weighted by Crippen LogP contribution is 2.17. The van der Waals surface area contributed by atoms with Crippen LogP contribution >= 0.6 is 0 Å². The summed E-state index contributed by atoms with van der Waals surface area (Å²) in [5.74, 6) is 0. The molecule has 0 saturated heterocycles. The summed E-state index contributed by atoms with van der Waals surface area (Å²) >= 11 is 0. The van der Waals surface area contributed by atoms with Gasteiger partial charge in [0.05, 0.1) is 12.2 Å². The molecule has 1 aliphatic rings. The molecule has 0 heterocycles. The van der Waals surface area contributed by atoms with Gasteiger partial charge < -0.3 is 10.1 Å². The molecule has 1 aliphatic carbocycles. The summed E-state index contributed by atoms with van der Waals surface area (Å²) < 4.78 is 5.69. The van der Waals surface area contributed by atoms with Crippen molar-refractivity contribution in [3.05, 3.63) is 0 Å². The van der Waals surface area contributed by atoms with Crippen LogP contribution in [0.1, 0.15) is 59.3 Å². The van der Waals surface area contributed by atoms with E-state index in [0.29, 0.717) is 0 Å². The van der Waals surface area contributed by atoms with Gasteiger partial charge in [-0.05, 0) is 33.6 Å². The average molecular weight is 213 g/mol. The fourth-order valence-electron chi connectivity index (χ4n) is 2.10. The molecule has 1 fully saturated rings. The molecule has 2 nitrogen and oxygen atoms in total. The van der Waals surface area contributed by atoms with Gasteiger partial charge in [-0.25, -0.2) is 0 Å². The molecule has 0 spiro atoms. The zero-order valence-electron chi connectivity index (χ0n) is 10.6. The third kappa shape index (κ3) is 6.91. The van der Waals surface area contributed by atoms with E-state index in [1.54, 1.807) is 0 Å². The Morgan fingerprint density at radius 1 is 1.07 bits per heavy atom. The van der Waals surface area contributed by atoms with Crippen LogP contribution in [0.25, 0.3) is 0 Å². The summed E-state index contributed by atoms with van der Waals surface area (Å²) in [6.07, 6.45) is 8.37. The third-order valence-corrected chi connectivity index (χ3v) is 2.93. The Morgan fingerprint density at radius 2 is 1.67 bits per heavy atom. The van der Waals surface area contributed by atoms with Crippen LogP contribution in [0.15, 0.2) is 0 Å². The molecule has 15 heavy (non-hydrogen) atoms. The van der Waals surface area contributed by atoms with Gasteiger partial charge in [0.15, 0.2) is 0 Å². The zero-order valence-corrected chi connectivity index (χ0v) is 10.6. The van der Waals surface area contributed by atoms with E-state index in [-0.39, 0.29) is 5.60 Å².